The van der Waals surface area contributed by atoms with Crippen molar-refractivity contribution in [3.05, 3.63) is 29.1 Å². The van der Waals surface area contributed by atoms with Crippen molar-refractivity contribution in [1.29, 1.82) is 5.26 Å². The van der Waals surface area contributed by atoms with Gasteiger partial charge in [-0.1, -0.05) is 6.42 Å². The number of anilines is 1. The molecule has 0 spiro atoms. The molecule has 5 nitrogen and oxygen atoms in total. The van der Waals surface area contributed by atoms with Crippen molar-refractivity contribution in [2.45, 2.75) is 57.9 Å². The van der Waals surface area contributed by atoms with E-state index in [1.165, 1.54) is 43.4 Å². The SMILES string of the molecule is CC1CCCN1c1nc2c(c(-c3ccnn3C)c1C#N)CCCCC2. The minimum Gasteiger partial charge on any atom is -0.353 e. The van der Waals surface area contributed by atoms with E-state index in [-0.39, 0.29) is 0 Å². The van der Waals surface area contributed by atoms with Crippen LogP contribution in [0.4, 0.5) is 5.82 Å². The summed E-state index contributed by atoms with van der Waals surface area (Å²) in [6.45, 7) is 3.23. The molecular weight excluding hydrogens is 310 g/mol. The molecule has 2 aromatic heterocycles. The first-order valence-electron chi connectivity index (χ1n) is 9.41. The molecule has 25 heavy (non-hydrogen) atoms. The predicted molar refractivity (Wildman–Crippen MR) is 98.5 cm³/mol. The molecule has 0 saturated carbocycles. The molecule has 2 aromatic rings. The van der Waals surface area contributed by atoms with Gasteiger partial charge in [-0.25, -0.2) is 4.98 Å². The summed E-state index contributed by atoms with van der Waals surface area (Å²) in [6.07, 6.45) is 9.78. The van der Waals surface area contributed by atoms with Gasteiger partial charge in [0.05, 0.1) is 5.69 Å². The maximum atomic E-state index is 10.1. The lowest BCUT2D eigenvalue weighted by Crippen LogP contribution is -2.29. The standard InChI is InChI=1S/C20H25N5/c1-14-7-6-12-25(14)20-16(13-21)19(18-10-11-22-24(18)2)15-8-4-3-5-9-17(15)23-20/h10-11,14H,3-9,12H2,1-2H3. The molecular formula is C20H25N5. The molecule has 1 saturated heterocycles. The summed E-state index contributed by atoms with van der Waals surface area (Å²) in [5.41, 5.74) is 5.31. The number of hydrogen-bond acceptors (Lipinski definition) is 4. The fourth-order valence-electron chi connectivity index (χ4n) is 4.37. The lowest BCUT2D eigenvalue weighted by atomic mass is 9.94. The van der Waals surface area contributed by atoms with Crippen molar-refractivity contribution >= 4 is 5.82 Å². The van der Waals surface area contributed by atoms with E-state index in [2.05, 4.69) is 23.0 Å². The predicted octanol–water partition coefficient (Wildman–Crippen LogP) is 3.61. The minimum absolute atomic E-state index is 0.447. The number of hydrogen-bond donors (Lipinski definition) is 0. The van der Waals surface area contributed by atoms with Crippen molar-refractivity contribution in [2.75, 3.05) is 11.4 Å². The highest BCUT2D eigenvalue weighted by atomic mass is 15.3. The molecule has 3 heterocycles. The summed E-state index contributed by atoms with van der Waals surface area (Å²) < 4.78 is 1.89. The third-order valence-electron chi connectivity index (χ3n) is 5.72. The van der Waals surface area contributed by atoms with Crippen LogP contribution >= 0.6 is 0 Å². The van der Waals surface area contributed by atoms with Gasteiger partial charge in [0.2, 0.25) is 0 Å². The quantitative estimate of drug-likeness (QED) is 0.787. The molecule has 0 bridgehead atoms. The minimum atomic E-state index is 0.447. The fourth-order valence-corrected chi connectivity index (χ4v) is 4.37. The smallest absolute Gasteiger partial charge is 0.147 e. The van der Waals surface area contributed by atoms with Crippen LogP contribution in [0.25, 0.3) is 11.3 Å². The molecule has 1 aliphatic carbocycles. The number of aryl methyl sites for hydroxylation is 2. The molecule has 130 valence electrons. The molecule has 1 unspecified atom stereocenters. The molecule has 0 amide bonds. The molecule has 0 N–H and O–H groups in total. The Balaban J connectivity index is 1.99. The van der Waals surface area contributed by atoms with Crippen LogP contribution in [-0.2, 0) is 19.9 Å². The van der Waals surface area contributed by atoms with E-state index in [0.717, 1.165) is 42.0 Å². The molecule has 1 atom stereocenters. The Morgan fingerprint density at radius 1 is 1.20 bits per heavy atom. The van der Waals surface area contributed by atoms with Gasteiger partial charge in [0.15, 0.2) is 0 Å². The van der Waals surface area contributed by atoms with Gasteiger partial charge in [-0.2, -0.15) is 10.4 Å². The Labute approximate surface area is 149 Å². The van der Waals surface area contributed by atoms with E-state index in [1.54, 1.807) is 0 Å². The Kier molecular flexibility index (Phi) is 4.20. The second-order valence-electron chi connectivity index (χ2n) is 7.31. The zero-order valence-electron chi connectivity index (χ0n) is 15.1. The van der Waals surface area contributed by atoms with Crippen molar-refractivity contribution in [3.8, 4) is 17.3 Å². The molecule has 0 aromatic carbocycles. The van der Waals surface area contributed by atoms with Crippen molar-refractivity contribution in [1.82, 2.24) is 14.8 Å². The summed E-state index contributed by atoms with van der Waals surface area (Å²) in [4.78, 5) is 7.39. The second-order valence-corrected chi connectivity index (χ2v) is 7.31. The Hall–Kier alpha value is -2.35. The monoisotopic (exact) mass is 335 g/mol. The highest BCUT2D eigenvalue weighted by Crippen LogP contribution is 2.38. The first-order valence-corrected chi connectivity index (χ1v) is 9.41. The zero-order valence-corrected chi connectivity index (χ0v) is 15.1. The van der Waals surface area contributed by atoms with Crippen LogP contribution in [0, 0.1) is 11.3 Å². The third-order valence-corrected chi connectivity index (χ3v) is 5.72. The molecule has 1 fully saturated rings. The van der Waals surface area contributed by atoms with Crippen LogP contribution in [0.3, 0.4) is 0 Å². The van der Waals surface area contributed by atoms with Crippen LogP contribution in [-0.4, -0.2) is 27.4 Å². The van der Waals surface area contributed by atoms with Crippen LogP contribution in [0.2, 0.25) is 0 Å². The lowest BCUT2D eigenvalue weighted by Gasteiger charge is -2.27. The first kappa shape index (κ1) is 16.1. The number of nitriles is 1. The van der Waals surface area contributed by atoms with Crippen LogP contribution in [0.5, 0.6) is 0 Å². The van der Waals surface area contributed by atoms with Crippen LogP contribution in [0.1, 0.15) is 55.8 Å². The van der Waals surface area contributed by atoms with Gasteiger partial charge in [-0.05, 0) is 57.1 Å². The zero-order chi connectivity index (χ0) is 17.4. The number of aromatic nitrogens is 3. The maximum absolute atomic E-state index is 10.1. The Morgan fingerprint density at radius 3 is 2.72 bits per heavy atom. The fraction of sp³-hybridized carbons (Fsp3) is 0.550. The molecule has 4 rings (SSSR count). The van der Waals surface area contributed by atoms with E-state index >= 15 is 0 Å². The van der Waals surface area contributed by atoms with E-state index in [0.29, 0.717) is 6.04 Å². The highest BCUT2D eigenvalue weighted by molar-refractivity contribution is 5.79. The van der Waals surface area contributed by atoms with Crippen LogP contribution < -0.4 is 4.90 Å². The molecule has 0 radical (unpaired) electrons. The third kappa shape index (κ3) is 2.70. The van der Waals surface area contributed by atoms with Crippen molar-refractivity contribution in [2.24, 2.45) is 7.05 Å². The average molecular weight is 335 g/mol. The van der Waals surface area contributed by atoms with Crippen LogP contribution in [0.15, 0.2) is 12.3 Å². The van der Waals surface area contributed by atoms with Gasteiger partial charge in [0.25, 0.3) is 0 Å². The molecule has 2 aliphatic rings. The highest BCUT2D eigenvalue weighted by Gasteiger charge is 2.29. The van der Waals surface area contributed by atoms with E-state index in [9.17, 15) is 5.26 Å². The summed E-state index contributed by atoms with van der Waals surface area (Å²) in [7, 11) is 1.96. The van der Waals surface area contributed by atoms with Gasteiger partial charge in [0, 0.05) is 37.1 Å². The average Bonchev–Trinajstić information content (AvgIpc) is 3.14. The van der Waals surface area contributed by atoms with Crippen molar-refractivity contribution in [3.63, 3.8) is 0 Å². The number of pyridine rings is 1. The van der Waals surface area contributed by atoms with Gasteiger partial charge < -0.3 is 4.90 Å². The molecule has 5 heteroatoms. The van der Waals surface area contributed by atoms with Gasteiger partial charge >= 0.3 is 0 Å². The normalized spacial score (nSPS) is 20.2. The lowest BCUT2D eigenvalue weighted by molar-refractivity contribution is 0.705. The van der Waals surface area contributed by atoms with E-state index < -0.39 is 0 Å². The summed E-state index contributed by atoms with van der Waals surface area (Å²) in [5, 5.41) is 14.4. The number of rotatable bonds is 2. The van der Waals surface area contributed by atoms with Gasteiger partial charge in [-0.3, -0.25) is 4.68 Å². The second kappa shape index (κ2) is 6.51. The largest absolute Gasteiger partial charge is 0.353 e. The Bertz CT molecular complexity index is 829. The van der Waals surface area contributed by atoms with Gasteiger partial charge in [0.1, 0.15) is 17.5 Å². The topological polar surface area (TPSA) is 57.7 Å². The van der Waals surface area contributed by atoms with Gasteiger partial charge in [-0.15, -0.1) is 0 Å². The number of fused-ring (bicyclic) bond motifs is 1. The van der Waals surface area contributed by atoms with E-state index in [1.807, 2.05) is 24.0 Å². The number of nitrogens with zero attached hydrogens (tertiary/aromatic N) is 5. The summed E-state index contributed by atoms with van der Waals surface area (Å²) in [6, 6.07) is 4.98. The Morgan fingerprint density at radius 2 is 2.04 bits per heavy atom. The summed E-state index contributed by atoms with van der Waals surface area (Å²) >= 11 is 0. The first-order chi connectivity index (χ1) is 12.2. The van der Waals surface area contributed by atoms with Crippen molar-refractivity contribution < 1.29 is 0 Å². The van der Waals surface area contributed by atoms with E-state index in [4.69, 9.17) is 4.98 Å². The summed E-state index contributed by atoms with van der Waals surface area (Å²) in [5.74, 6) is 0.893. The maximum Gasteiger partial charge on any atom is 0.147 e. The molecule has 1 aliphatic heterocycles.